The Morgan fingerprint density at radius 2 is 2.36 bits per heavy atom. The highest BCUT2D eigenvalue weighted by atomic mass is 16.5. The number of methoxy groups -OCH3 is 1. The fourth-order valence-corrected chi connectivity index (χ4v) is 2.61. The van der Waals surface area contributed by atoms with Gasteiger partial charge in [0, 0.05) is 32.0 Å². The van der Waals surface area contributed by atoms with Crippen LogP contribution in [0.2, 0.25) is 0 Å². The Bertz CT molecular complexity index is 690. The van der Waals surface area contributed by atoms with Crippen molar-refractivity contribution in [2.45, 2.75) is 13.0 Å². The Morgan fingerprint density at radius 1 is 1.44 bits per heavy atom. The topological polar surface area (TPSA) is 88.7 Å². The summed E-state index contributed by atoms with van der Waals surface area (Å²) in [5, 5.41) is 2.74. The van der Waals surface area contributed by atoms with Crippen molar-refractivity contribution < 1.29 is 19.0 Å². The molecule has 0 fully saturated rings. The molecule has 0 saturated carbocycles. The Kier molecular flexibility index (Phi) is 5.73. The van der Waals surface area contributed by atoms with Gasteiger partial charge < -0.3 is 24.1 Å². The lowest BCUT2D eigenvalue weighted by Gasteiger charge is -2.31. The Morgan fingerprint density at radius 3 is 3.16 bits per heavy atom. The zero-order valence-corrected chi connectivity index (χ0v) is 14.2. The van der Waals surface area contributed by atoms with Gasteiger partial charge in [-0.25, -0.2) is 9.78 Å². The minimum Gasteiger partial charge on any atom is -0.490 e. The van der Waals surface area contributed by atoms with Gasteiger partial charge in [0.05, 0.1) is 37.4 Å². The highest BCUT2D eigenvalue weighted by Crippen LogP contribution is 2.34. The first kappa shape index (κ1) is 17.1. The smallest absolute Gasteiger partial charge is 0.411 e. The van der Waals surface area contributed by atoms with E-state index in [4.69, 9.17) is 14.2 Å². The number of ether oxygens (including phenoxy) is 3. The number of aromatic amines is 1. The van der Waals surface area contributed by atoms with E-state index in [0.29, 0.717) is 38.5 Å². The van der Waals surface area contributed by atoms with E-state index in [1.807, 2.05) is 18.3 Å². The van der Waals surface area contributed by atoms with Crippen LogP contribution in [0.4, 0.5) is 16.2 Å². The molecule has 8 heteroatoms. The number of fused-ring (bicyclic) bond motifs is 1. The van der Waals surface area contributed by atoms with Crippen LogP contribution in [-0.2, 0) is 16.0 Å². The minimum absolute atomic E-state index is 0.318. The summed E-state index contributed by atoms with van der Waals surface area (Å²) in [6.07, 6.45) is 3.72. The predicted octanol–water partition coefficient (Wildman–Crippen LogP) is 2.39. The van der Waals surface area contributed by atoms with Crippen LogP contribution in [0.3, 0.4) is 0 Å². The van der Waals surface area contributed by atoms with Crippen LogP contribution < -0.4 is 15.0 Å². The molecular formula is C17H22N4O4. The third-order valence-corrected chi connectivity index (χ3v) is 3.80. The molecule has 0 spiro atoms. The molecule has 2 aromatic rings. The molecule has 25 heavy (non-hydrogen) atoms. The molecular weight excluding hydrogens is 324 g/mol. The standard InChI is InChI=1S/C17H22N4O4/c1-23-6-2-7-25-17(22)20-13-3-4-16-15(9-13)21(5-8-24-16)11-14-10-18-12-19-14/h3-4,9-10,12H,2,5-8,11H2,1H3,(H,18,19)(H,20,22). The van der Waals surface area contributed by atoms with Crippen molar-refractivity contribution in [3.63, 3.8) is 0 Å². The number of imidazole rings is 1. The van der Waals surface area contributed by atoms with Gasteiger partial charge in [-0.15, -0.1) is 0 Å². The van der Waals surface area contributed by atoms with Gasteiger partial charge in [0.2, 0.25) is 0 Å². The van der Waals surface area contributed by atoms with Gasteiger partial charge in [0.1, 0.15) is 12.4 Å². The van der Waals surface area contributed by atoms with Crippen LogP contribution in [0.1, 0.15) is 12.1 Å². The van der Waals surface area contributed by atoms with E-state index in [2.05, 4.69) is 20.2 Å². The number of amides is 1. The molecule has 0 aliphatic carbocycles. The van der Waals surface area contributed by atoms with Crippen molar-refractivity contribution in [3.05, 3.63) is 36.4 Å². The van der Waals surface area contributed by atoms with E-state index in [-0.39, 0.29) is 0 Å². The third kappa shape index (κ3) is 4.63. The highest BCUT2D eigenvalue weighted by Gasteiger charge is 2.20. The van der Waals surface area contributed by atoms with Crippen molar-refractivity contribution in [3.8, 4) is 5.75 Å². The summed E-state index contributed by atoms with van der Waals surface area (Å²) in [5.74, 6) is 0.792. The molecule has 0 unspecified atom stereocenters. The second kappa shape index (κ2) is 8.39. The van der Waals surface area contributed by atoms with E-state index in [1.54, 1.807) is 19.5 Å². The number of nitrogens with zero attached hydrogens (tertiary/aromatic N) is 2. The number of nitrogens with one attached hydrogen (secondary N) is 2. The number of hydrogen-bond acceptors (Lipinski definition) is 6. The quantitative estimate of drug-likeness (QED) is 0.749. The molecule has 0 saturated heterocycles. The second-order valence-corrected chi connectivity index (χ2v) is 5.62. The van der Waals surface area contributed by atoms with E-state index in [9.17, 15) is 4.79 Å². The molecule has 2 N–H and O–H groups in total. The number of aromatic nitrogens is 2. The monoisotopic (exact) mass is 346 g/mol. The lowest BCUT2D eigenvalue weighted by Crippen LogP contribution is -2.32. The number of H-pyrrole nitrogens is 1. The molecule has 1 aromatic carbocycles. The maximum atomic E-state index is 11.8. The van der Waals surface area contributed by atoms with Gasteiger partial charge in [0.15, 0.2) is 0 Å². The molecule has 134 valence electrons. The molecule has 0 radical (unpaired) electrons. The summed E-state index contributed by atoms with van der Waals surface area (Å²) >= 11 is 0. The Balaban J connectivity index is 1.64. The van der Waals surface area contributed by atoms with Crippen molar-refractivity contribution >= 4 is 17.5 Å². The van der Waals surface area contributed by atoms with Crippen LogP contribution in [0.15, 0.2) is 30.7 Å². The van der Waals surface area contributed by atoms with Gasteiger partial charge >= 0.3 is 6.09 Å². The Hall–Kier alpha value is -2.74. The molecule has 0 atom stereocenters. The third-order valence-electron chi connectivity index (χ3n) is 3.80. The van der Waals surface area contributed by atoms with Crippen molar-refractivity contribution in [1.82, 2.24) is 9.97 Å². The van der Waals surface area contributed by atoms with Crippen LogP contribution in [0.25, 0.3) is 0 Å². The lowest BCUT2D eigenvalue weighted by molar-refractivity contribution is 0.134. The number of carbonyl (C=O) groups is 1. The average molecular weight is 346 g/mol. The summed E-state index contributed by atoms with van der Waals surface area (Å²) in [4.78, 5) is 21.2. The van der Waals surface area contributed by atoms with Gasteiger partial charge in [-0.1, -0.05) is 0 Å². The average Bonchev–Trinajstić information content (AvgIpc) is 3.12. The van der Waals surface area contributed by atoms with Gasteiger partial charge in [0.25, 0.3) is 0 Å². The molecule has 1 aliphatic rings. The van der Waals surface area contributed by atoms with Crippen molar-refractivity contribution in [2.75, 3.05) is 43.7 Å². The second-order valence-electron chi connectivity index (χ2n) is 5.62. The summed E-state index contributed by atoms with van der Waals surface area (Å²) in [6.45, 7) is 2.92. The number of carbonyl (C=O) groups excluding carboxylic acids is 1. The molecule has 1 aliphatic heterocycles. The number of rotatable bonds is 7. The minimum atomic E-state index is -0.480. The first-order valence-corrected chi connectivity index (χ1v) is 8.18. The SMILES string of the molecule is COCCCOC(=O)Nc1ccc2c(c1)N(Cc1c[nH]cn1)CCO2. The maximum Gasteiger partial charge on any atom is 0.411 e. The molecule has 1 aromatic heterocycles. The predicted molar refractivity (Wildman–Crippen MR) is 93.0 cm³/mol. The number of benzene rings is 1. The molecule has 8 nitrogen and oxygen atoms in total. The van der Waals surface area contributed by atoms with Crippen molar-refractivity contribution in [2.24, 2.45) is 0 Å². The molecule has 1 amide bonds. The van der Waals surface area contributed by atoms with E-state index in [1.165, 1.54) is 0 Å². The summed E-state index contributed by atoms with van der Waals surface area (Å²) in [7, 11) is 1.62. The van der Waals surface area contributed by atoms with E-state index < -0.39 is 6.09 Å². The summed E-state index contributed by atoms with van der Waals surface area (Å²) < 4.78 is 15.7. The van der Waals surface area contributed by atoms with Crippen LogP contribution in [-0.4, -0.2) is 49.5 Å². The van der Waals surface area contributed by atoms with Crippen LogP contribution in [0, 0.1) is 0 Å². The summed E-state index contributed by atoms with van der Waals surface area (Å²) in [5.41, 5.74) is 2.53. The first-order chi connectivity index (χ1) is 12.3. The molecule has 0 bridgehead atoms. The van der Waals surface area contributed by atoms with E-state index >= 15 is 0 Å². The Labute approximate surface area is 146 Å². The largest absolute Gasteiger partial charge is 0.490 e. The zero-order chi connectivity index (χ0) is 17.5. The fraction of sp³-hybridized carbons (Fsp3) is 0.412. The molecule has 2 heterocycles. The number of anilines is 2. The van der Waals surface area contributed by atoms with E-state index in [0.717, 1.165) is 23.7 Å². The van der Waals surface area contributed by atoms with Gasteiger partial charge in [-0.2, -0.15) is 0 Å². The van der Waals surface area contributed by atoms with Crippen LogP contribution in [0.5, 0.6) is 5.75 Å². The highest BCUT2D eigenvalue weighted by molar-refractivity contribution is 5.86. The molecule has 3 rings (SSSR count). The van der Waals surface area contributed by atoms with Crippen molar-refractivity contribution in [1.29, 1.82) is 0 Å². The van der Waals surface area contributed by atoms with Crippen LogP contribution >= 0.6 is 0 Å². The number of hydrogen-bond donors (Lipinski definition) is 2. The zero-order valence-electron chi connectivity index (χ0n) is 14.2. The lowest BCUT2D eigenvalue weighted by atomic mass is 10.2. The van der Waals surface area contributed by atoms with Gasteiger partial charge in [-0.05, 0) is 18.2 Å². The summed E-state index contributed by atoms with van der Waals surface area (Å²) in [6, 6.07) is 5.54. The van der Waals surface area contributed by atoms with Gasteiger partial charge in [-0.3, -0.25) is 5.32 Å². The fourth-order valence-electron chi connectivity index (χ4n) is 2.61. The maximum absolute atomic E-state index is 11.8. The first-order valence-electron chi connectivity index (χ1n) is 8.18. The normalized spacial score (nSPS) is 13.1.